The topological polar surface area (TPSA) is 89.8 Å². The van der Waals surface area contributed by atoms with Crippen molar-refractivity contribution in [2.24, 2.45) is 0 Å². The molecule has 1 N–H and O–H groups in total. The molecule has 0 atom stereocenters. The van der Waals surface area contributed by atoms with E-state index in [2.05, 4.69) is 10.3 Å². The molecule has 0 saturated heterocycles. The molecule has 0 aliphatic carbocycles. The number of nitrogens with one attached hydrogen (secondary N) is 1. The summed E-state index contributed by atoms with van der Waals surface area (Å²) in [6, 6.07) is 4.80. The van der Waals surface area contributed by atoms with Crippen LogP contribution in [0.15, 0.2) is 46.7 Å². The summed E-state index contributed by atoms with van der Waals surface area (Å²) in [6.07, 6.45) is -2.93. The maximum atomic E-state index is 12.5. The molecule has 146 valence electrons. The largest absolute Gasteiger partial charge is 0.458 e. The Hall–Kier alpha value is -3.21. The summed E-state index contributed by atoms with van der Waals surface area (Å²) in [6.45, 7) is -0.737. The fourth-order valence-electron chi connectivity index (χ4n) is 2.23. The first-order valence-electron chi connectivity index (χ1n) is 7.81. The summed E-state index contributed by atoms with van der Waals surface area (Å²) < 4.78 is 43.8. The number of halogens is 3. The van der Waals surface area contributed by atoms with Gasteiger partial charge in [0.2, 0.25) is 0 Å². The fourth-order valence-corrected chi connectivity index (χ4v) is 2.97. The minimum absolute atomic E-state index is 0.0290. The number of rotatable bonds is 5. The van der Waals surface area contributed by atoms with Crippen molar-refractivity contribution >= 4 is 28.2 Å². The first-order chi connectivity index (χ1) is 13.2. The van der Waals surface area contributed by atoms with Gasteiger partial charge in [0.1, 0.15) is 13.2 Å². The number of hydrogen-bond acceptors (Lipinski definition) is 6. The van der Waals surface area contributed by atoms with Gasteiger partial charge in [0.15, 0.2) is 4.96 Å². The molecule has 0 aliphatic heterocycles. The van der Waals surface area contributed by atoms with Crippen molar-refractivity contribution in [1.82, 2.24) is 14.7 Å². The van der Waals surface area contributed by atoms with Crippen molar-refractivity contribution in [3.8, 4) is 0 Å². The molecule has 2 heterocycles. The van der Waals surface area contributed by atoms with Gasteiger partial charge in [0, 0.05) is 23.2 Å². The van der Waals surface area contributed by atoms with Gasteiger partial charge < -0.3 is 10.1 Å². The van der Waals surface area contributed by atoms with Gasteiger partial charge in [-0.25, -0.2) is 4.98 Å². The van der Waals surface area contributed by atoms with E-state index in [1.807, 2.05) is 0 Å². The Kier molecular flexibility index (Phi) is 5.45. The van der Waals surface area contributed by atoms with Crippen molar-refractivity contribution in [3.05, 3.63) is 69.1 Å². The summed E-state index contributed by atoms with van der Waals surface area (Å²) in [5, 5.41) is 3.94. The van der Waals surface area contributed by atoms with Gasteiger partial charge in [-0.2, -0.15) is 13.2 Å². The highest BCUT2D eigenvalue weighted by Crippen LogP contribution is 2.29. The molecule has 1 aromatic carbocycles. The molecule has 0 saturated carbocycles. The van der Waals surface area contributed by atoms with Crippen LogP contribution in [0.1, 0.15) is 21.6 Å². The number of esters is 1. The number of ether oxygens (including phenoxy) is 1. The fraction of sp³-hybridized carbons (Fsp3) is 0.176. The molecule has 0 fully saturated rings. The minimum Gasteiger partial charge on any atom is -0.458 e. The Morgan fingerprint density at radius 3 is 2.61 bits per heavy atom. The van der Waals surface area contributed by atoms with Gasteiger partial charge >= 0.3 is 12.1 Å². The third kappa shape index (κ3) is 4.55. The molecule has 7 nitrogen and oxygen atoms in total. The third-order valence-electron chi connectivity index (χ3n) is 3.60. The number of hydrogen-bond donors (Lipinski definition) is 1. The van der Waals surface area contributed by atoms with Crippen LogP contribution in [0.25, 0.3) is 4.96 Å². The van der Waals surface area contributed by atoms with Crippen LogP contribution < -0.4 is 10.9 Å². The molecular formula is C17H12F3N3O4S. The van der Waals surface area contributed by atoms with E-state index < -0.39 is 30.2 Å². The first kappa shape index (κ1) is 19.5. The molecule has 28 heavy (non-hydrogen) atoms. The number of carbonyl (C=O) groups excluding carboxylic acids is 2. The second kappa shape index (κ2) is 7.80. The summed E-state index contributed by atoms with van der Waals surface area (Å²) in [5.74, 6) is -1.50. The van der Waals surface area contributed by atoms with E-state index in [9.17, 15) is 27.6 Å². The lowest BCUT2D eigenvalue weighted by Crippen LogP contribution is -2.30. The molecule has 11 heteroatoms. The van der Waals surface area contributed by atoms with Crippen LogP contribution in [0, 0.1) is 0 Å². The van der Waals surface area contributed by atoms with Gasteiger partial charge in [-0.05, 0) is 24.3 Å². The molecule has 3 aromatic rings. The molecule has 0 bridgehead atoms. The predicted molar refractivity (Wildman–Crippen MR) is 92.9 cm³/mol. The number of thiazole rings is 1. The highest BCUT2D eigenvalue weighted by Gasteiger charge is 2.30. The second-order valence-electron chi connectivity index (χ2n) is 5.56. The van der Waals surface area contributed by atoms with Crippen LogP contribution in [0.2, 0.25) is 0 Å². The lowest BCUT2D eigenvalue weighted by molar-refractivity contribution is -0.143. The molecule has 0 spiro atoms. The quantitative estimate of drug-likeness (QED) is 0.651. The average molecular weight is 411 g/mol. The highest BCUT2D eigenvalue weighted by molar-refractivity contribution is 7.15. The van der Waals surface area contributed by atoms with Crippen LogP contribution in [0.3, 0.4) is 0 Å². The number of amides is 1. The maximum Gasteiger partial charge on any atom is 0.416 e. The lowest BCUT2D eigenvalue weighted by Gasteiger charge is -2.08. The Balaban J connectivity index is 1.52. The smallest absolute Gasteiger partial charge is 0.416 e. The number of carbonyl (C=O) groups is 2. The van der Waals surface area contributed by atoms with Gasteiger partial charge in [0.25, 0.3) is 11.5 Å². The van der Waals surface area contributed by atoms with Crippen molar-refractivity contribution in [3.63, 3.8) is 0 Å². The lowest BCUT2D eigenvalue weighted by atomic mass is 10.1. The van der Waals surface area contributed by atoms with E-state index in [4.69, 9.17) is 4.74 Å². The molecule has 0 unspecified atom stereocenters. The number of alkyl halides is 3. The average Bonchev–Trinajstić information content (AvgIpc) is 3.13. The van der Waals surface area contributed by atoms with Crippen molar-refractivity contribution < 1.29 is 27.5 Å². The van der Waals surface area contributed by atoms with E-state index in [1.165, 1.54) is 21.8 Å². The van der Waals surface area contributed by atoms with E-state index in [-0.39, 0.29) is 23.4 Å². The Bertz CT molecular complexity index is 1070. The number of aromatic nitrogens is 2. The summed E-state index contributed by atoms with van der Waals surface area (Å²) in [5.41, 5.74) is -0.962. The van der Waals surface area contributed by atoms with Crippen LogP contribution in [0.5, 0.6) is 0 Å². The van der Waals surface area contributed by atoms with Gasteiger partial charge in [-0.15, -0.1) is 11.3 Å². The molecule has 1 amide bonds. The van der Waals surface area contributed by atoms with Gasteiger partial charge in [0.05, 0.1) is 11.3 Å². The van der Waals surface area contributed by atoms with E-state index >= 15 is 0 Å². The van der Waals surface area contributed by atoms with Crippen molar-refractivity contribution in [1.29, 1.82) is 0 Å². The zero-order valence-corrected chi connectivity index (χ0v) is 14.8. The first-order valence-corrected chi connectivity index (χ1v) is 8.69. The molecule has 3 rings (SSSR count). The molecule has 0 aliphatic rings. The van der Waals surface area contributed by atoms with Crippen molar-refractivity contribution in [2.75, 3.05) is 6.54 Å². The number of nitrogens with zero attached hydrogens (tertiary/aromatic N) is 2. The van der Waals surface area contributed by atoms with Crippen LogP contribution in [0.4, 0.5) is 13.2 Å². The predicted octanol–water partition coefficient (Wildman–Crippen LogP) is 2.25. The third-order valence-corrected chi connectivity index (χ3v) is 4.36. The maximum absolute atomic E-state index is 12.5. The zero-order valence-electron chi connectivity index (χ0n) is 14.0. The van der Waals surface area contributed by atoms with Crippen LogP contribution in [-0.4, -0.2) is 27.8 Å². The Morgan fingerprint density at radius 2 is 1.93 bits per heavy atom. The minimum atomic E-state index is -4.50. The summed E-state index contributed by atoms with van der Waals surface area (Å²) in [4.78, 5) is 40.1. The second-order valence-corrected chi connectivity index (χ2v) is 6.43. The van der Waals surface area contributed by atoms with Crippen LogP contribution >= 0.6 is 11.3 Å². The molecule has 0 radical (unpaired) electrons. The van der Waals surface area contributed by atoms with Crippen molar-refractivity contribution in [2.45, 2.75) is 12.8 Å². The van der Waals surface area contributed by atoms with E-state index in [0.717, 1.165) is 24.3 Å². The molecule has 2 aromatic heterocycles. The van der Waals surface area contributed by atoms with Crippen LogP contribution in [-0.2, 0) is 22.3 Å². The Labute approximate surface area is 159 Å². The van der Waals surface area contributed by atoms with E-state index in [0.29, 0.717) is 4.96 Å². The number of benzene rings is 1. The normalized spacial score (nSPS) is 11.4. The van der Waals surface area contributed by atoms with Gasteiger partial charge in [-0.1, -0.05) is 0 Å². The highest BCUT2D eigenvalue weighted by atomic mass is 32.1. The van der Waals surface area contributed by atoms with Gasteiger partial charge in [-0.3, -0.25) is 18.8 Å². The summed E-state index contributed by atoms with van der Waals surface area (Å²) >= 11 is 1.25. The summed E-state index contributed by atoms with van der Waals surface area (Å²) in [7, 11) is 0. The Morgan fingerprint density at radius 1 is 1.21 bits per heavy atom. The number of fused-ring (bicyclic) bond motifs is 1. The SMILES string of the molecule is O=C(CNC(=O)c1ccc(C(F)(F)F)cc1)OCc1cc(=O)n2ccsc2n1. The monoisotopic (exact) mass is 411 g/mol. The molecular weight excluding hydrogens is 399 g/mol. The standard InChI is InChI=1S/C17H12F3N3O4S/c18-17(19,20)11-3-1-10(2-4-11)15(26)21-8-14(25)27-9-12-7-13(24)23-5-6-28-16(23)22-12/h1-7H,8-9H2,(H,21,26). The van der Waals surface area contributed by atoms with E-state index in [1.54, 1.807) is 11.6 Å². The zero-order chi connectivity index (χ0) is 20.3.